The molecule has 3 N–H and O–H groups in total. The van der Waals surface area contributed by atoms with E-state index in [9.17, 15) is 18.0 Å². The molecule has 10 heteroatoms. The van der Waals surface area contributed by atoms with Gasteiger partial charge in [-0.15, -0.1) is 13.2 Å². The molecule has 150 valence electrons. The quantitative estimate of drug-likeness (QED) is 0.485. The first-order valence-corrected chi connectivity index (χ1v) is 8.27. The largest absolute Gasteiger partial charge is 0.573 e. The first-order valence-electron chi connectivity index (χ1n) is 8.27. The summed E-state index contributed by atoms with van der Waals surface area (Å²) in [6.07, 6.45) is -4.86. The number of hydrogen-bond acceptors (Lipinski definition) is 5. The lowest BCUT2D eigenvalue weighted by molar-refractivity contribution is -0.275. The number of aliphatic imine (C=N–C) groups is 1. The van der Waals surface area contributed by atoms with Gasteiger partial charge in [0.2, 0.25) is 5.95 Å². The average molecular weight is 404 g/mol. The summed E-state index contributed by atoms with van der Waals surface area (Å²) < 4.78 is 46.7. The second-order valence-electron chi connectivity index (χ2n) is 5.71. The normalized spacial score (nSPS) is 11.9. The topological polar surface area (TPSA) is 103 Å². The molecule has 3 rings (SSSR count). The molecule has 0 atom stereocenters. The molecule has 0 saturated carbocycles. The summed E-state index contributed by atoms with van der Waals surface area (Å²) in [5.41, 5.74) is 6.17. The van der Waals surface area contributed by atoms with E-state index in [1.54, 1.807) is 24.3 Å². The molecule has 0 unspecified atom stereocenters. The SMILES string of the molecule is NC(=Nc1nc(COc2ccccc2OC(F)(F)F)cc(=O)[nH]1)c1ccccc1. The van der Waals surface area contributed by atoms with Crippen molar-refractivity contribution < 1.29 is 22.6 Å². The highest BCUT2D eigenvalue weighted by atomic mass is 19.4. The lowest BCUT2D eigenvalue weighted by Crippen LogP contribution is -2.18. The van der Waals surface area contributed by atoms with Crippen molar-refractivity contribution in [3.63, 3.8) is 0 Å². The Hall–Kier alpha value is -3.82. The van der Waals surface area contributed by atoms with Crippen molar-refractivity contribution in [3.05, 3.63) is 82.3 Å². The van der Waals surface area contributed by atoms with Crippen LogP contribution in [0.15, 0.2) is 70.5 Å². The molecule has 7 nitrogen and oxygen atoms in total. The number of nitrogens with one attached hydrogen (secondary N) is 1. The van der Waals surface area contributed by atoms with Gasteiger partial charge in [0.15, 0.2) is 11.5 Å². The molecular formula is C19H15F3N4O3. The monoisotopic (exact) mass is 404 g/mol. The van der Waals surface area contributed by atoms with E-state index in [2.05, 4.69) is 19.7 Å². The third-order valence-electron chi connectivity index (χ3n) is 3.53. The van der Waals surface area contributed by atoms with Crippen LogP contribution in [0.25, 0.3) is 0 Å². The Kier molecular flexibility index (Phi) is 5.82. The van der Waals surface area contributed by atoms with E-state index in [4.69, 9.17) is 10.5 Å². The number of hydrogen-bond donors (Lipinski definition) is 2. The van der Waals surface area contributed by atoms with Crippen molar-refractivity contribution in [1.29, 1.82) is 0 Å². The minimum atomic E-state index is -4.86. The minimum Gasteiger partial charge on any atom is -0.483 e. The number of benzene rings is 2. The van der Waals surface area contributed by atoms with E-state index in [1.165, 1.54) is 18.2 Å². The Morgan fingerprint density at radius 2 is 1.72 bits per heavy atom. The van der Waals surface area contributed by atoms with E-state index in [-0.39, 0.29) is 29.8 Å². The Balaban J connectivity index is 1.79. The van der Waals surface area contributed by atoms with Crippen molar-refractivity contribution in [1.82, 2.24) is 9.97 Å². The van der Waals surface area contributed by atoms with Gasteiger partial charge in [0.1, 0.15) is 12.4 Å². The molecule has 0 aliphatic carbocycles. The number of nitrogens with two attached hydrogens (primary N) is 1. The number of alkyl halides is 3. The average Bonchev–Trinajstić information content (AvgIpc) is 2.66. The van der Waals surface area contributed by atoms with Crippen LogP contribution in [0.1, 0.15) is 11.3 Å². The Bertz CT molecular complexity index is 1070. The van der Waals surface area contributed by atoms with E-state index >= 15 is 0 Å². The number of rotatable bonds is 6. The smallest absolute Gasteiger partial charge is 0.483 e. The minimum absolute atomic E-state index is 0.0581. The lowest BCUT2D eigenvalue weighted by atomic mass is 10.2. The molecule has 0 bridgehead atoms. The van der Waals surface area contributed by atoms with Crippen LogP contribution < -0.4 is 20.8 Å². The molecule has 0 fully saturated rings. The van der Waals surface area contributed by atoms with Crippen LogP contribution in [0.2, 0.25) is 0 Å². The maximum atomic E-state index is 12.5. The first-order chi connectivity index (χ1) is 13.8. The van der Waals surface area contributed by atoms with E-state index in [0.29, 0.717) is 5.56 Å². The van der Waals surface area contributed by atoms with Crippen molar-refractivity contribution in [2.75, 3.05) is 0 Å². The number of amidine groups is 1. The fourth-order valence-corrected chi connectivity index (χ4v) is 2.34. The Morgan fingerprint density at radius 1 is 1.07 bits per heavy atom. The van der Waals surface area contributed by atoms with Crippen LogP contribution in [-0.4, -0.2) is 22.2 Å². The molecule has 0 aliphatic heterocycles. The molecule has 0 amide bonds. The van der Waals surface area contributed by atoms with Crippen LogP contribution in [0.3, 0.4) is 0 Å². The number of ether oxygens (including phenoxy) is 2. The summed E-state index contributed by atoms with van der Waals surface area (Å²) >= 11 is 0. The maximum Gasteiger partial charge on any atom is 0.573 e. The van der Waals surface area contributed by atoms with E-state index in [1.807, 2.05) is 6.07 Å². The third-order valence-corrected chi connectivity index (χ3v) is 3.53. The molecule has 1 heterocycles. The van der Waals surface area contributed by atoms with Crippen molar-refractivity contribution >= 4 is 11.8 Å². The summed E-state index contributed by atoms with van der Waals surface area (Å²) in [7, 11) is 0. The Morgan fingerprint density at radius 3 is 2.41 bits per heavy atom. The summed E-state index contributed by atoms with van der Waals surface area (Å²) in [5.74, 6) is -0.579. The zero-order valence-electron chi connectivity index (χ0n) is 14.8. The van der Waals surface area contributed by atoms with Crippen molar-refractivity contribution in [3.8, 4) is 11.5 Å². The highest BCUT2D eigenvalue weighted by Gasteiger charge is 2.32. The summed E-state index contributed by atoms with van der Waals surface area (Å²) in [6.45, 7) is -0.282. The molecular weight excluding hydrogens is 389 g/mol. The molecule has 0 spiro atoms. The molecule has 2 aromatic carbocycles. The highest BCUT2D eigenvalue weighted by molar-refractivity contribution is 5.98. The van der Waals surface area contributed by atoms with Gasteiger partial charge in [0.05, 0.1) is 5.69 Å². The van der Waals surface area contributed by atoms with Gasteiger partial charge in [0.25, 0.3) is 5.56 Å². The number of H-pyrrole nitrogens is 1. The summed E-state index contributed by atoms with van der Waals surface area (Å²) in [5, 5.41) is 0. The van der Waals surface area contributed by atoms with Crippen LogP contribution in [-0.2, 0) is 6.61 Å². The maximum absolute atomic E-state index is 12.5. The molecule has 0 radical (unpaired) electrons. The molecule has 0 aliphatic rings. The van der Waals surface area contributed by atoms with Gasteiger partial charge in [-0.05, 0) is 12.1 Å². The van der Waals surface area contributed by atoms with Crippen LogP contribution in [0, 0.1) is 0 Å². The predicted octanol–water partition coefficient (Wildman–Crippen LogP) is 3.28. The number of aromatic amines is 1. The third kappa shape index (κ3) is 5.83. The van der Waals surface area contributed by atoms with Crippen LogP contribution in [0.4, 0.5) is 19.1 Å². The van der Waals surface area contributed by atoms with Gasteiger partial charge in [0, 0.05) is 11.6 Å². The highest BCUT2D eigenvalue weighted by Crippen LogP contribution is 2.32. The second-order valence-corrected chi connectivity index (χ2v) is 5.71. The Labute approximate surface area is 162 Å². The fourth-order valence-electron chi connectivity index (χ4n) is 2.34. The van der Waals surface area contributed by atoms with Crippen LogP contribution in [0.5, 0.6) is 11.5 Å². The van der Waals surface area contributed by atoms with Crippen molar-refractivity contribution in [2.45, 2.75) is 13.0 Å². The standard InChI is InChI=1S/C19H15F3N4O3/c20-19(21,22)29-15-9-5-4-8-14(15)28-11-13-10-16(27)25-18(24-13)26-17(23)12-6-2-1-3-7-12/h1-10H,11H2,(H3,23,24,25,26,27). The van der Waals surface area contributed by atoms with Gasteiger partial charge in [-0.2, -0.15) is 4.99 Å². The molecule has 1 aromatic heterocycles. The fraction of sp³-hybridized carbons (Fsp3) is 0.105. The first kappa shape index (κ1) is 19.9. The van der Waals surface area contributed by atoms with Gasteiger partial charge >= 0.3 is 6.36 Å². The predicted molar refractivity (Wildman–Crippen MR) is 99.1 cm³/mol. The van der Waals surface area contributed by atoms with Gasteiger partial charge in [-0.1, -0.05) is 42.5 Å². The summed E-state index contributed by atoms with van der Waals surface area (Å²) in [4.78, 5) is 22.5. The van der Waals surface area contributed by atoms with Gasteiger partial charge in [-0.25, -0.2) is 4.98 Å². The van der Waals surface area contributed by atoms with Gasteiger partial charge < -0.3 is 15.2 Å². The van der Waals surface area contributed by atoms with Gasteiger partial charge in [-0.3, -0.25) is 9.78 Å². The van der Waals surface area contributed by atoms with E-state index < -0.39 is 17.7 Å². The number of halogens is 3. The lowest BCUT2D eigenvalue weighted by Gasteiger charge is -2.13. The molecule has 3 aromatic rings. The molecule has 0 saturated heterocycles. The van der Waals surface area contributed by atoms with E-state index in [0.717, 1.165) is 12.1 Å². The zero-order chi connectivity index (χ0) is 20.9. The number of nitrogens with zero attached hydrogens (tertiary/aromatic N) is 2. The number of para-hydroxylation sites is 2. The second kappa shape index (κ2) is 8.46. The zero-order valence-corrected chi connectivity index (χ0v) is 14.8. The number of aromatic nitrogens is 2. The summed E-state index contributed by atoms with van der Waals surface area (Å²) in [6, 6.07) is 15.3. The molecule has 29 heavy (non-hydrogen) atoms. The van der Waals surface area contributed by atoms with Crippen molar-refractivity contribution in [2.24, 2.45) is 10.7 Å². The van der Waals surface area contributed by atoms with Crippen LogP contribution >= 0.6 is 0 Å².